The van der Waals surface area contributed by atoms with E-state index < -0.39 is 5.41 Å². The normalized spacial score (nSPS) is 20.0. The molecule has 2 N–H and O–H groups in total. The quantitative estimate of drug-likeness (QED) is 0.391. The zero-order valence-corrected chi connectivity index (χ0v) is 19.8. The molecule has 5 rings (SSSR count). The molecule has 1 radical (unpaired) electrons. The van der Waals surface area contributed by atoms with Crippen LogP contribution in [0.5, 0.6) is 0 Å². The standard InChI is InChI=1S/C24H25BN7O3/c1-23(11-33)10-32(25-14-34)21-16(9-26)6-15(7-17(21)23)18-4-5-27-22(28-18)29-20-8-19(30-31(20)3)24(2)12-35-13-24/h4-8,14,33H,10-13H2,1-3H3,(H,27,28,29). The van der Waals surface area contributed by atoms with Crippen LogP contribution in [0, 0.1) is 11.3 Å². The van der Waals surface area contributed by atoms with E-state index in [9.17, 15) is 15.2 Å². The number of anilines is 3. The third-order valence-corrected chi connectivity index (χ3v) is 6.81. The highest BCUT2D eigenvalue weighted by atomic mass is 16.5. The van der Waals surface area contributed by atoms with Crippen LogP contribution >= 0.6 is 0 Å². The molecule has 35 heavy (non-hydrogen) atoms. The molecule has 1 aromatic carbocycles. The summed E-state index contributed by atoms with van der Waals surface area (Å²) in [6.45, 7) is 5.60. The van der Waals surface area contributed by atoms with Crippen LogP contribution in [-0.2, 0) is 27.4 Å². The van der Waals surface area contributed by atoms with E-state index in [1.807, 2.05) is 26.1 Å². The second-order valence-corrected chi connectivity index (χ2v) is 9.65. The van der Waals surface area contributed by atoms with E-state index >= 15 is 0 Å². The minimum absolute atomic E-state index is 0.0903. The van der Waals surface area contributed by atoms with Gasteiger partial charge in [0.25, 0.3) is 0 Å². The molecular formula is C24H25BN7O3. The Morgan fingerprint density at radius 1 is 1.34 bits per heavy atom. The first-order valence-corrected chi connectivity index (χ1v) is 11.3. The van der Waals surface area contributed by atoms with E-state index in [1.165, 1.54) is 7.41 Å². The predicted octanol–water partition coefficient (Wildman–Crippen LogP) is 1.66. The molecule has 0 saturated carbocycles. The highest BCUT2D eigenvalue weighted by Gasteiger charge is 2.40. The van der Waals surface area contributed by atoms with Crippen molar-refractivity contribution in [2.45, 2.75) is 24.7 Å². The van der Waals surface area contributed by atoms with Crippen LogP contribution in [0.2, 0.25) is 0 Å². The molecule has 0 amide bonds. The summed E-state index contributed by atoms with van der Waals surface area (Å²) in [6, 6.07) is 9.67. The number of fused-ring (bicyclic) bond motifs is 1. The van der Waals surface area contributed by atoms with Gasteiger partial charge in [0.05, 0.1) is 42.2 Å². The van der Waals surface area contributed by atoms with Gasteiger partial charge < -0.3 is 24.8 Å². The molecule has 0 aliphatic carbocycles. The lowest BCUT2D eigenvalue weighted by Gasteiger charge is -2.36. The molecule has 3 aromatic rings. The number of benzene rings is 1. The number of hydrogen-bond acceptors (Lipinski definition) is 9. The maximum atomic E-state index is 11.2. The van der Waals surface area contributed by atoms with E-state index in [1.54, 1.807) is 27.8 Å². The second-order valence-electron chi connectivity index (χ2n) is 9.65. The molecule has 1 atom stereocenters. The SMILES string of the molecule is Cn1nc(C2(C)COC2)cc1Nc1nccc(-c2cc(C#N)c3c(c2)C(C)(CO)CN3[B]C=O)n1. The lowest BCUT2D eigenvalue weighted by Crippen LogP contribution is -2.44. The van der Waals surface area contributed by atoms with Crippen LogP contribution in [0.1, 0.15) is 30.7 Å². The van der Waals surface area contributed by atoms with Gasteiger partial charge in [-0.05, 0) is 30.7 Å². The van der Waals surface area contributed by atoms with Gasteiger partial charge in [0.1, 0.15) is 18.1 Å². The fraction of sp³-hybridized carbons (Fsp3) is 0.375. The molecule has 4 heterocycles. The Hall–Kier alpha value is -3.75. The fourth-order valence-corrected chi connectivity index (χ4v) is 4.64. The van der Waals surface area contributed by atoms with Gasteiger partial charge in [-0.1, -0.05) is 6.92 Å². The van der Waals surface area contributed by atoms with Gasteiger partial charge in [0.2, 0.25) is 5.95 Å². The van der Waals surface area contributed by atoms with Gasteiger partial charge >= 0.3 is 7.41 Å². The van der Waals surface area contributed by atoms with Crippen LogP contribution in [0.4, 0.5) is 17.5 Å². The fourth-order valence-electron chi connectivity index (χ4n) is 4.64. The average molecular weight is 470 g/mol. The number of hydrogen-bond donors (Lipinski definition) is 2. The number of nitriles is 1. The Morgan fingerprint density at radius 3 is 2.80 bits per heavy atom. The lowest BCUT2D eigenvalue weighted by molar-refractivity contribution is -0.0522. The van der Waals surface area contributed by atoms with Crippen molar-refractivity contribution in [1.82, 2.24) is 19.7 Å². The molecule has 0 spiro atoms. The number of aromatic nitrogens is 4. The summed E-state index contributed by atoms with van der Waals surface area (Å²) in [7, 11) is 3.25. The first-order valence-electron chi connectivity index (χ1n) is 11.3. The number of carbonyl (C=O) groups excluding carboxylic acids is 1. The van der Waals surface area contributed by atoms with Gasteiger partial charge in [0, 0.05) is 42.5 Å². The highest BCUT2D eigenvalue weighted by Crippen LogP contribution is 2.44. The number of aryl methyl sites for hydroxylation is 1. The summed E-state index contributed by atoms with van der Waals surface area (Å²) in [5, 5.41) is 27.9. The summed E-state index contributed by atoms with van der Waals surface area (Å²) in [5.74, 6) is 1.15. The Labute approximate surface area is 203 Å². The van der Waals surface area contributed by atoms with E-state index in [2.05, 4.69) is 33.4 Å². The van der Waals surface area contributed by atoms with Crippen molar-refractivity contribution < 1.29 is 14.6 Å². The molecular weight excluding hydrogens is 445 g/mol. The van der Waals surface area contributed by atoms with Gasteiger partial charge in [-0.15, -0.1) is 0 Å². The van der Waals surface area contributed by atoms with Crippen molar-refractivity contribution >= 4 is 31.1 Å². The molecule has 0 bridgehead atoms. The number of rotatable bonds is 7. The van der Waals surface area contributed by atoms with Crippen LogP contribution in [0.3, 0.4) is 0 Å². The molecule has 1 saturated heterocycles. The number of aliphatic hydroxyl groups excluding tert-OH is 1. The van der Waals surface area contributed by atoms with Crippen molar-refractivity contribution in [3.05, 3.63) is 47.3 Å². The maximum Gasteiger partial charge on any atom is 0.329 e. The number of aliphatic hydroxyl groups is 1. The van der Waals surface area contributed by atoms with E-state index in [-0.39, 0.29) is 12.0 Å². The molecule has 2 aromatic heterocycles. The molecule has 177 valence electrons. The Balaban J connectivity index is 1.50. The zero-order valence-electron chi connectivity index (χ0n) is 19.8. The largest absolute Gasteiger partial charge is 0.410 e. The number of ether oxygens (including phenoxy) is 1. The van der Waals surface area contributed by atoms with Crippen molar-refractivity contribution in [2.24, 2.45) is 7.05 Å². The third-order valence-electron chi connectivity index (χ3n) is 6.81. The zero-order chi connectivity index (χ0) is 24.8. The molecule has 2 aliphatic rings. The Morgan fingerprint density at radius 2 is 2.14 bits per heavy atom. The van der Waals surface area contributed by atoms with Crippen LogP contribution in [0.15, 0.2) is 30.5 Å². The Bertz CT molecular complexity index is 1350. The summed E-state index contributed by atoms with van der Waals surface area (Å²) >= 11 is 0. The highest BCUT2D eigenvalue weighted by molar-refractivity contribution is 6.70. The average Bonchev–Trinajstić information content (AvgIpc) is 3.35. The Kier molecular flexibility index (Phi) is 5.58. The minimum Gasteiger partial charge on any atom is -0.410 e. The smallest absolute Gasteiger partial charge is 0.329 e. The van der Waals surface area contributed by atoms with Gasteiger partial charge in [0.15, 0.2) is 0 Å². The first kappa shape index (κ1) is 23.0. The maximum absolute atomic E-state index is 11.2. The minimum atomic E-state index is -0.628. The number of nitrogens with one attached hydrogen (secondary N) is 1. The summed E-state index contributed by atoms with van der Waals surface area (Å²) in [4.78, 5) is 21.9. The molecule has 1 unspecified atom stereocenters. The van der Waals surface area contributed by atoms with Gasteiger partial charge in [-0.2, -0.15) is 10.4 Å². The number of carbonyl (C=O) groups is 1. The summed E-state index contributed by atoms with van der Waals surface area (Å²) in [5.41, 5.74) is 3.43. The van der Waals surface area contributed by atoms with Crippen LogP contribution in [0.25, 0.3) is 11.3 Å². The van der Waals surface area contributed by atoms with E-state index in [0.29, 0.717) is 48.8 Å². The van der Waals surface area contributed by atoms with Crippen molar-refractivity contribution in [1.29, 1.82) is 5.26 Å². The van der Waals surface area contributed by atoms with Crippen molar-refractivity contribution in [3.63, 3.8) is 0 Å². The summed E-state index contributed by atoms with van der Waals surface area (Å²) in [6.07, 6.45) is 2.34. The van der Waals surface area contributed by atoms with Crippen molar-refractivity contribution in [2.75, 3.05) is 36.5 Å². The summed E-state index contributed by atoms with van der Waals surface area (Å²) < 4.78 is 7.12. The van der Waals surface area contributed by atoms with Gasteiger partial charge in [-0.3, -0.25) is 4.68 Å². The third kappa shape index (κ3) is 3.85. The number of nitrogens with zero attached hydrogens (tertiary/aromatic N) is 6. The van der Waals surface area contributed by atoms with Gasteiger partial charge in [-0.25, -0.2) is 9.97 Å². The lowest BCUT2D eigenvalue weighted by atomic mass is 9.83. The monoisotopic (exact) mass is 470 g/mol. The predicted molar refractivity (Wildman–Crippen MR) is 131 cm³/mol. The van der Waals surface area contributed by atoms with E-state index in [0.717, 1.165) is 22.6 Å². The first-order chi connectivity index (χ1) is 16.8. The van der Waals surface area contributed by atoms with E-state index in [4.69, 9.17) is 4.74 Å². The topological polar surface area (TPSA) is 129 Å². The molecule has 1 fully saturated rings. The molecule has 11 heteroatoms. The van der Waals surface area contributed by atoms with Crippen molar-refractivity contribution in [3.8, 4) is 17.3 Å². The second kappa shape index (κ2) is 8.48. The van der Waals surface area contributed by atoms with Crippen LogP contribution < -0.4 is 10.1 Å². The van der Waals surface area contributed by atoms with Crippen LogP contribution in [-0.4, -0.2) is 64.8 Å². The molecule has 2 aliphatic heterocycles. The molecule has 10 nitrogen and oxygen atoms in total.